The van der Waals surface area contributed by atoms with Crippen LogP contribution in [0.15, 0.2) is 60.7 Å². The average molecular weight is 556 g/mol. The van der Waals surface area contributed by atoms with E-state index in [4.69, 9.17) is 20.9 Å². The molecule has 3 amide bonds. The minimum Gasteiger partial charge on any atom is -0.459 e. The number of carbonyl (C=O) groups is 4. The third-order valence-electron chi connectivity index (χ3n) is 6.06. The number of nitrogens with zero attached hydrogens (tertiary/aromatic N) is 1. The van der Waals surface area contributed by atoms with Crippen molar-refractivity contribution in [3.05, 3.63) is 71.8 Å². The van der Waals surface area contributed by atoms with Crippen LogP contribution in [-0.4, -0.2) is 67.0 Å². The maximum absolute atomic E-state index is 13.3. The van der Waals surface area contributed by atoms with Gasteiger partial charge >= 0.3 is 12.1 Å². The number of nitrogens with two attached hydrogens (primary N) is 2. The number of rotatable bonds is 16. The Hall–Kier alpha value is -3.96. The molecule has 0 bridgehead atoms. The predicted octanol–water partition coefficient (Wildman–Crippen LogP) is 1.69. The average Bonchev–Trinajstić information content (AvgIpc) is 2.96. The lowest BCUT2D eigenvalue weighted by atomic mass is 10.0. The summed E-state index contributed by atoms with van der Waals surface area (Å²) in [7, 11) is 0. The van der Waals surface area contributed by atoms with Crippen LogP contribution in [0.4, 0.5) is 4.79 Å². The molecule has 6 N–H and O–H groups in total. The zero-order valence-corrected chi connectivity index (χ0v) is 23.2. The summed E-state index contributed by atoms with van der Waals surface area (Å²) in [6.45, 7) is 4.77. The van der Waals surface area contributed by atoms with E-state index in [0.29, 0.717) is 13.1 Å². The van der Waals surface area contributed by atoms with Gasteiger partial charge in [-0.25, -0.2) is 9.59 Å². The van der Waals surface area contributed by atoms with Gasteiger partial charge in [0, 0.05) is 32.6 Å². The molecule has 0 aliphatic rings. The molecule has 0 spiro atoms. The van der Waals surface area contributed by atoms with E-state index in [1.54, 1.807) is 26.0 Å². The Morgan fingerprint density at radius 2 is 1.32 bits per heavy atom. The van der Waals surface area contributed by atoms with Gasteiger partial charge < -0.3 is 36.5 Å². The lowest BCUT2D eigenvalue weighted by Crippen LogP contribution is -2.53. The molecule has 2 aromatic carbocycles. The van der Waals surface area contributed by atoms with Crippen molar-refractivity contribution in [2.24, 2.45) is 17.4 Å². The first-order chi connectivity index (χ1) is 19.2. The van der Waals surface area contributed by atoms with Crippen LogP contribution in [-0.2, 0) is 37.1 Å². The Bertz CT molecular complexity index is 1060. The van der Waals surface area contributed by atoms with Gasteiger partial charge in [-0.2, -0.15) is 0 Å². The molecular formula is C29H41N5O6. The van der Waals surface area contributed by atoms with Gasteiger partial charge in [-0.1, -0.05) is 74.5 Å². The summed E-state index contributed by atoms with van der Waals surface area (Å²) in [5.41, 5.74) is 12.8. The van der Waals surface area contributed by atoms with Crippen LogP contribution in [0.1, 0.15) is 37.8 Å². The molecule has 11 heteroatoms. The van der Waals surface area contributed by atoms with Crippen molar-refractivity contribution in [3.63, 3.8) is 0 Å². The summed E-state index contributed by atoms with van der Waals surface area (Å²) in [5.74, 6) is -1.80. The summed E-state index contributed by atoms with van der Waals surface area (Å²) in [6.07, 6.45) is -0.910. The van der Waals surface area contributed by atoms with E-state index in [2.05, 4.69) is 10.6 Å². The molecular weight excluding hydrogens is 514 g/mol. The molecule has 0 radical (unpaired) electrons. The molecule has 0 fully saturated rings. The summed E-state index contributed by atoms with van der Waals surface area (Å²) in [5, 5.41) is 5.23. The highest BCUT2D eigenvalue weighted by Crippen LogP contribution is 2.10. The van der Waals surface area contributed by atoms with Crippen molar-refractivity contribution in [3.8, 4) is 0 Å². The van der Waals surface area contributed by atoms with Crippen molar-refractivity contribution < 1.29 is 28.7 Å². The molecule has 0 aliphatic carbocycles. The molecule has 0 unspecified atom stereocenters. The van der Waals surface area contributed by atoms with Crippen LogP contribution >= 0.6 is 0 Å². The number of hydrogen-bond acceptors (Lipinski definition) is 8. The Morgan fingerprint density at radius 1 is 0.800 bits per heavy atom. The van der Waals surface area contributed by atoms with E-state index in [1.165, 1.54) is 4.90 Å². The van der Waals surface area contributed by atoms with Gasteiger partial charge in [-0.3, -0.25) is 9.59 Å². The first kappa shape index (κ1) is 32.3. The Kier molecular flexibility index (Phi) is 14.2. The fourth-order valence-electron chi connectivity index (χ4n) is 3.84. The second-order valence-corrected chi connectivity index (χ2v) is 9.58. The molecule has 218 valence electrons. The standard InChI is InChI=1S/C29H41N5O6/c1-21(2)26(28(37)39-19-22-9-5-3-6-10-22)33-27(36)24(13-14-25(35)34(17-15-30)18-16-31)32-29(38)40-20-23-11-7-4-8-12-23/h3-12,21,24,26H,13-20,30-31H2,1-2H3,(H,32,38)(H,33,36)/t24-,26-/m0/s1. The van der Waals surface area contributed by atoms with Gasteiger partial charge in [0.25, 0.3) is 0 Å². The van der Waals surface area contributed by atoms with E-state index in [1.807, 2.05) is 48.5 Å². The fourth-order valence-corrected chi connectivity index (χ4v) is 3.84. The van der Waals surface area contributed by atoms with Gasteiger partial charge in [0.2, 0.25) is 11.8 Å². The van der Waals surface area contributed by atoms with Crippen molar-refractivity contribution >= 4 is 23.9 Å². The second-order valence-electron chi connectivity index (χ2n) is 9.58. The number of hydrogen-bond donors (Lipinski definition) is 4. The smallest absolute Gasteiger partial charge is 0.408 e. The molecule has 2 atom stereocenters. The summed E-state index contributed by atoms with van der Waals surface area (Å²) >= 11 is 0. The van der Waals surface area contributed by atoms with Crippen molar-refractivity contribution in [1.82, 2.24) is 15.5 Å². The van der Waals surface area contributed by atoms with Crippen LogP contribution in [0, 0.1) is 5.92 Å². The first-order valence-electron chi connectivity index (χ1n) is 13.4. The highest BCUT2D eigenvalue weighted by atomic mass is 16.5. The number of amides is 3. The van der Waals surface area contributed by atoms with Crippen LogP contribution in [0.5, 0.6) is 0 Å². The molecule has 2 aromatic rings. The maximum atomic E-state index is 13.3. The Balaban J connectivity index is 2.09. The highest BCUT2D eigenvalue weighted by molar-refractivity contribution is 5.90. The third kappa shape index (κ3) is 11.4. The molecule has 0 saturated heterocycles. The molecule has 0 heterocycles. The fraction of sp³-hybridized carbons (Fsp3) is 0.448. The number of ether oxygens (including phenoxy) is 2. The summed E-state index contributed by atoms with van der Waals surface area (Å²) in [4.78, 5) is 53.1. The van der Waals surface area contributed by atoms with Gasteiger partial charge in [0.1, 0.15) is 25.3 Å². The second kappa shape index (κ2) is 17.6. The Morgan fingerprint density at radius 3 is 1.82 bits per heavy atom. The quantitative estimate of drug-likeness (QED) is 0.227. The predicted molar refractivity (Wildman–Crippen MR) is 150 cm³/mol. The number of carbonyl (C=O) groups excluding carboxylic acids is 4. The minimum absolute atomic E-state index is 0.00114. The van der Waals surface area contributed by atoms with Gasteiger partial charge in [0.15, 0.2) is 0 Å². The van der Waals surface area contributed by atoms with E-state index in [0.717, 1.165) is 11.1 Å². The number of alkyl carbamates (subject to hydrolysis) is 1. The van der Waals surface area contributed by atoms with Crippen molar-refractivity contribution in [2.75, 3.05) is 26.2 Å². The molecule has 0 aromatic heterocycles. The normalized spacial score (nSPS) is 12.2. The van der Waals surface area contributed by atoms with Crippen LogP contribution in [0.2, 0.25) is 0 Å². The van der Waals surface area contributed by atoms with Crippen molar-refractivity contribution in [2.45, 2.75) is 52.0 Å². The molecule has 0 aliphatic heterocycles. The van der Waals surface area contributed by atoms with Gasteiger partial charge in [-0.15, -0.1) is 0 Å². The largest absolute Gasteiger partial charge is 0.459 e. The topological polar surface area (TPSA) is 166 Å². The first-order valence-corrected chi connectivity index (χ1v) is 13.4. The van der Waals surface area contributed by atoms with Crippen LogP contribution in [0.25, 0.3) is 0 Å². The SMILES string of the molecule is CC(C)[C@H](NC(=O)[C@H](CCC(=O)N(CCN)CCN)NC(=O)OCc1ccccc1)C(=O)OCc1ccccc1. The number of esters is 1. The lowest BCUT2D eigenvalue weighted by molar-refractivity contribution is -0.150. The van der Waals surface area contributed by atoms with Gasteiger partial charge in [-0.05, 0) is 23.5 Å². The summed E-state index contributed by atoms with van der Waals surface area (Å²) in [6, 6.07) is 16.1. The zero-order chi connectivity index (χ0) is 29.3. The van der Waals surface area contributed by atoms with E-state index < -0.39 is 30.1 Å². The van der Waals surface area contributed by atoms with E-state index >= 15 is 0 Å². The third-order valence-corrected chi connectivity index (χ3v) is 6.06. The van der Waals surface area contributed by atoms with Crippen molar-refractivity contribution in [1.29, 1.82) is 0 Å². The molecule has 40 heavy (non-hydrogen) atoms. The highest BCUT2D eigenvalue weighted by Gasteiger charge is 2.31. The lowest BCUT2D eigenvalue weighted by Gasteiger charge is -2.26. The maximum Gasteiger partial charge on any atom is 0.408 e. The molecule has 2 rings (SSSR count). The Labute approximate surface area is 235 Å². The molecule has 0 saturated carbocycles. The van der Waals surface area contributed by atoms with Gasteiger partial charge in [0.05, 0.1) is 0 Å². The zero-order valence-electron chi connectivity index (χ0n) is 23.2. The van der Waals surface area contributed by atoms with Crippen LogP contribution < -0.4 is 22.1 Å². The van der Waals surface area contributed by atoms with Crippen LogP contribution in [0.3, 0.4) is 0 Å². The summed E-state index contributed by atoms with van der Waals surface area (Å²) < 4.78 is 10.7. The molecule has 11 nitrogen and oxygen atoms in total. The monoisotopic (exact) mass is 555 g/mol. The minimum atomic E-state index is -1.15. The van der Waals surface area contributed by atoms with E-state index in [9.17, 15) is 19.2 Å². The number of nitrogens with one attached hydrogen (secondary N) is 2. The number of benzene rings is 2. The van der Waals surface area contributed by atoms with E-state index in [-0.39, 0.29) is 51.0 Å².